The molecule has 1 N–H and O–H groups in total. The van der Waals surface area contributed by atoms with Crippen LogP contribution in [0.15, 0.2) is 0 Å². The minimum absolute atomic E-state index is 0.170. The van der Waals surface area contributed by atoms with E-state index >= 15 is 0 Å². The second kappa shape index (κ2) is 3.69. The van der Waals surface area contributed by atoms with Gasteiger partial charge in [0, 0.05) is 5.54 Å². The van der Waals surface area contributed by atoms with E-state index in [9.17, 15) is 4.79 Å². The summed E-state index contributed by atoms with van der Waals surface area (Å²) in [7, 11) is 0. The molecule has 0 aromatic carbocycles. The van der Waals surface area contributed by atoms with Crippen LogP contribution >= 0.6 is 12.6 Å². The highest BCUT2D eigenvalue weighted by Gasteiger charge is 2.25. The van der Waals surface area contributed by atoms with Crippen LogP contribution in [-0.4, -0.2) is 10.8 Å². The van der Waals surface area contributed by atoms with E-state index in [-0.39, 0.29) is 16.2 Å². The molecule has 0 aliphatic rings. The van der Waals surface area contributed by atoms with Gasteiger partial charge in [0.05, 0.1) is 0 Å². The summed E-state index contributed by atoms with van der Waals surface area (Å²) in [5.74, 6) is 0. The molecular weight excluding hydrogens is 170 g/mol. The van der Waals surface area contributed by atoms with Crippen molar-refractivity contribution in [1.82, 2.24) is 5.32 Å². The van der Waals surface area contributed by atoms with Gasteiger partial charge in [-0.25, -0.2) is 0 Å². The average Bonchev–Trinajstić information content (AvgIpc) is 1.48. The largest absolute Gasteiger partial charge is 0.342 e. The lowest BCUT2D eigenvalue weighted by atomic mass is 9.82. The lowest BCUT2D eigenvalue weighted by Gasteiger charge is -2.32. The summed E-state index contributed by atoms with van der Waals surface area (Å²) in [6.45, 7) is 10.5. The summed E-state index contributed by atoms with van der Waals surface area (Å²) in [5, 5.41) is 2.54. The zero-order chi connectivity index (χ0) is 9.99. The van der Waals surface area contributed by atoms with E-state index in [4.69, 9.17) is 0 Å². The van der Waals surface area contributed by atoms with Crippen molar-refractivity contribution in [3.63, 3.8) is 0 Å². The number of hydrogen-bond acceptors (Lipinski definition) is 1. The molecule has 2 nitrogen and oxygen atoms in total. The van der Waals surface area contributed by atoms with Gasteiger partial charge in [-0.2, -0.15) is 0 Å². The van der Waals surface area contributed by atoms with Gasteiger partial charge in [0.1, 0.15) is 0 Å². The number of thiol groups is 1. The lowest BCUT2D eigenvalue weighted by Crippen LogP contribution is -2.43. The normalized spacial score (nSPS) is 12.8. The van der Waals surface area contributed by atoms with Crippen LogP contribution in [0.5, 0.6) is 0 Å². The van der Waals surface area contributed by atoms with Crippen molar-refractivity contribution in [3.8, 4) is 0 Å². The van der Waals surface area contributed by atoms with Crippen molar-refractivity contribution in [1.29, 1.82) is 0 Å². The smallest absolute Gasteiger partial charge is 0.276 e. The first-order chi connectivity index (χ1) is 5.12. The Balaban J connectivity index is 4.13. The van der Waals surface area contributed by atoms with Crippen LogP contribution in [0.4, 0.5) is 4.79 Å². The molecule has 0 radical (unpaired) electrons. The van der Waals surface area contributed by atoms with Crippen LogP contribution in [0.1, 0.15) is 41.0 Å². The zero-order valence-electron chi connectivity index (χ0n) is 8.56. The van der Waals surface area contributed by atoms with Gasteiger partial charge in [-0.05, 0) is 25.7 Å². The summed E-state index contributed by atoms with van der Waals surface area (Å²) in [4.78, 5) is 10.7. The fourth-order valence-electron chi connectivity index (χ4n) is 1.66. The number of carbonyl (C=O) groups is 1. The Morgan fingerprint density at radius 2 is 1.67 bits per heavy atom. The van der Waals surface area contributed by atoms with Crippen LogP contribution in [0, 0.1) is 5.41 Å². The van der Waals surface area contributed by atoms with Crippen LogP contribution in [0.25, 0.3) is 0 Å². The van der Waals surface area contributed by atoms with Crippen LogP contribution in [-0.2, 0) is 0 Å². The Hall–Kier alpha value is -0.180. The van der Waals surface area contributed by atoms with Gasteiger partial charge in [0.15, 0.2) is 0 Å². The molecule has 0 rings (SSSR count). The fraction of sp³-hybridized carbons (Fsp3) is 0.889. The molecule has 12 heavy (non-hydrogen) atoms. The second-order valence-corrected chi connectivity index (χ2v) is 5.46. The van der Waals surface area contributed by atoms with Crippen molar-refractivity contribution in [3.05, 3.63) is 0 Å². The number of rotatable bonds is 2. The maximum atomic E-state index is 10.7. The Labute approximate surface area is 80.5 Å². The minimum atomic E-state index is -0.260. The van der Waals surface area contributed by atoms with Gasteiger partial charge in [-0.1, -0.05) is 33.4 Å². The molecule has 1 amide bonds. The summed E-state index contributed by atoms with van der Waals surface area (Å²) in [6, 6.07) is 0. The van der Waals surface area contributed by atoms with Gasteiger partial charge >= 0.3 is 0 Å². The van der Waals surface area contributed by atoms with Gasteiger partial charge in [-0.3, -0.25) is 4.79 Å². The van der Waals surface area contributed by atoms with Crippen LogP contribution < -0.4 is 5.32 Å². The van der Waals surface area contributed by atoms with E-state index in [1.807, 2.05) is 13.8 Å². The summed E-state index contributed by atoms with van der Waals surface area (Å²) >= 11 is 3.69. The quantitative estimate of drug-likeness (QED) is 0.643. The molecule has 0 saturated carbocycles. The van der Waals surface area contributed by atoms with Crippen LogP contribution in [0.3, 0.4) is 0 Å². The number of amides is 1. The molecule has 0 atom stereocenters. The fourth-order valence-corrected chi connectivity index (χ4v) is 1.96. The standard InChI is InChI=1S/C9H19NOS/c1-8(2,3)6-9(4,5)10-7(11)12/h6H2,1-5H3,(H2,10,11,12). The molecule has 0 aliphatic carbocycles. The first-order valence-electron chi connectivity index (χ1n) is 4.13. The van der Waals surface area contributed by atoms with E-state index in [1.54, 1.807) is 0 Å². The third-order valence-corrected chi connectivity index (χ3v) is 1.53. The summed E-state index contributed by atoms with van der Waals surface area (Å²) in [5.41, 5.74) is 0.0524. The van der Waals surface area contributed by atoms with Gasteiger partial charge in [0.25, 0.3) is 5.24 Å². The first-order valence-corrected chi connectivity index (χ1v) is 4.58. The highest BCUT2D eigenvalue weighted by Crippen LogP contribution is 2.26. The first kappa shape index (κ1) is 11.8. The highest BCUT2D eigenvalue weighted by molar-refractivity contribution is 7.96. The van der Waals surface area contributed by atoms with E-state index in [2.05, 4.69) is 38.7 Å². The highest BCUT2D eigenvalue weighted by atomic mass is 32.1. The van der Waals surface area contributed by atoms with Crippen molar-refractivity contribution in [2.45, 2.75) is 46.6 Å². The van der Waals surface area contributed by atoms with E-state index in [0.29, 0.717) is 0 Å². The van der Waals surface area contributed by atoms with Crippen LogP contribution in [0.2, 0.25) is 0 Å². The molecule has 0 saturated heterocycles. The van der Waals surface area contributed by atoms with Gasteiger partial charge < -0.3 is 5.32 Å². The molecule has 0 unspecified atom stereocenters. The van der Waals surface area contributed by atoms with Crippen molar-refractivity contribution >= 4 is 17.9 Å². The predicted molar refractivity (Wildman–Crippen MR) is 55.7 cm³/mol. The monoisotopic (exact) mass is 189 g/mol. The molecule has 72 valence electrons. The van der Waals surface area contributed by atoms with Crippen molar-refractivity contribution in [2.75, 3.05) is 0 Å². The molecule has 0 fully saturated rings. The van der Waals surface area contributed by atoms with Crippen molar-refractivity contribution in [2.24, 2.45) is 5.41 Å². The van der Waals surface area contributed by atoms with E-state index in [0.717, 1.165) is 6.42 Å². The third kappa shape index (κ3) is 6.53. The van der Waals surface area contributed by atoms with E-state index < -0.39 is 0 Å². The number of nitrogens with one attached hydrogen (secondary N) is 1. The SMILES string of the molecule is CC(C)(C)CC(C)(C)NC(=O)S. The Morgan fingerprint density at radius 1 is 1.25 bits per heavy atom. The minimum Gasteiger partial charge on any atom is -0.342 e. The average molecular weight is 189 g/mol. The molecule has 0 aromatic heterocycles. The Kier molecular flexibility index (Phi) is 3.63. The maximum absolute atomic E-state index is 10.7. The van der Waals surface area contributed by atoms with Gasteiger partial charge in [-0.15, -0.1) is 0 Å². The summed E-state index contributed by atoms with van der Waals surface area (Å²) < 4.78 is 0. The lowest BCUT2D eigenvalue weighted by molar-refractivity contribution is 0.227. The molecule has 0 bridgehead atoms. The summed E-state index contributed by atoms with van der Waals surface area (Å²) in [6.07, 6.45) is 0.937. The second-order valence-electron chi connectivity index (χ2n) is 5.05. The number of carbonyl (C=O) groups excluding carboxylic acids is 1. The molecule has 0 heterocycles. The Morgan fingerprint density at radius 3 is 1.92 bits per heavy atom. The molecule has 0 spiro atoms. The third-order valence-electron chi connectivity index (χ3n) is 1.42. The predicted octanol–water partition coefficient (Wildman–Crippen LogP) is 2.84. The molecular formula is C9H19NOS. The Bertz CT molecular complexity index is 170. The number of hydrogen-bond donors (Lipinski definition) is 2. The topological polar surface area (TPSA) is 29.1 Å². The maximum Gasteiger partial charge on any atom is 0.276 e. The van der Waals surface area contributed by atoms with E-state index in [1.165, 1.54) is 0 Å². The zero-order valence-corrected chi connectivity index (χ0v) is 9.46. The van der Waals surface area contributed by atoms with Crippen molar-refractivity contribution < 1.29 is 4.79 Å². The molecule has 0 aliphatic heterocycles. The molecule has 0 aromatic rings. The molecule has 3 heteroatoms. The van der Waals surface area contributed by atoms with Gasteiger partial charge in [0.2, 0.25) is 0 Å².